The second-order valence-corrected chi connectivity index (χ2v) is 5.60. The third-order valence-electron chi connectivity index (χ3n) is 3.88. The van der Waals surface area contributed by atoms with Crippen LogP contribution >= 0.6 is 0 Å². The summed E-state index contributed by atoms with van der Waals surface area (Å²) in [5.41, 5.74) is 2.56. The van der Waals surface area contributed by atoms with Crippen molar-refractivity contribution in [3.05, 3.63) is 78.5 Å². The molecule has 0 spiro atoms. The second kappa shape index (κ2) is 7.17. The van der Waals surface area contributed by atoms with E-state index < -0.39 is 5.97 Å². The van der Waals surface area contributed by atoms with E-state index >= 15 is 0 Å². The first-order valence-corrected chi connectivity index (χ1v) is 8.15. The first-order valence-electron chi connectivity index (χ1n) is 8.15. The maximum atomic E-state index is 12.0. The van der Waals surface area contributed by atoms with Crippen LogP contribution in [0.1, 0.15) is 16.1 Å². The molecule has 7 nitrogen and oxygen atoms in total. The molecular weight excluding hydrogens is 346 g/mol. The Morgan fingerprint density at radius 2 is 2.04 bits per heavy atom. The van der Waals surface area contributed by atoms with Crippen molar-refractivity contribution in [2.45, 2.75) is 0 Å². The summed E-state index contributed by atoms with van der Waals surface area (Å²) in [5.74, 6) is 0.234. The summed E-state index contributed by atoms with van der Waals surface area (Å²) in [6.45, 7) is 0. The quantitative estimate of drug-likeness (QED) is 0.307. The zero-order valence-electron chi connectivity index (χ0n) is 14.4. The number of fused-ring (bicyclic) bond motifs is 1. The van der Waals surface area contributed by atoms with Gasteiger partial charge in [0.2, 0.25) is 5.76 Å². The molecule has 0 bridgehead atoms. The molecular formula is C20H15N3O4. The monoisotopic (exact) mass is 361 g/mol. The molecule has 0 aliphatic rings. The molecule has 4 aromatic rings. The Morgan fingerprint density at radius 3 is 2.85 bits per heavy atom. The van der Waals surface area contributed by atoms with Gasteiger partial charge in [-0.15, -0.1) is 0 Å². The van der Waals surface area contributed by atoms with E-state index in [9.17, 15) is 4.79 Å². The highest BCUT2D eigenvalue weighted by Gasteiger charge is 2.14. The molecule has 0 saturated heterocycles. The van der Waals surface area contributed by atoms with Crippen molar-refractivity contribution >= 4 is 23.2 Å². The fourth-order valence-electron chi connectivity index (χ4n) is 2.56. The fourth-order valence-corrected chi connectivity index (χ4v) is 2.56. The highest BCUT2D eigenvalue weighted by Crippen LogP contribution is 2.28. The molecule has 0 unspecified atom stereocenters. The average molecular weight is 361 g/mol. The minimum Gasteiger partial charge on any atom is -0.493 e. The summed E-state index contributed by atoms with van der Waals surface area (Å²) in [4.78, 5) is 16.3. The van der Waals surface area contributed by atoms with Crippen LogP contribution in [-0.2, 0) is 0 Å². The van der Waals surface area contributed by atoms with E-state index in [1.165, 1.54) is 19.4 Å². The molecule has 0 aliphatic heterocycles. The van der Waals surface area contributed by atoms with Gasteiger partial charge in [-0.05, 0) is 48.0 Å². The molecule has 0 fully saturated rings. The third kappa shape index (κ3) is 3.43. The molecule has 0 N–H and O–H groups in total. The lowest BCUT2D eigenvalue weighted by atomic mass is 10.2. The van der Waals surface area contributed by atoms with Gasteiger partial charge in [-0.1, -0.05) is 12.1 Å². The van der Waals surface area contributed by atoms with E-state index in [4.69, 9.17) is 13.9 Å². The molecule has 0 atom stereocenters. The molecule has 2 aromatic carbocycles. The molecule has 0 amide bonds. The van der Waals surface area contributed by atoms with Crippen LogP contribution < -0.4 is 9.47 Å². The van der Waals surface area contributed by atoms with Crippen LogP contribution in [0.3, 0.4) is 0 Å². The van der Waals surface area contributed by atoms with Gasteiger partial charge in [0.25, 0.3) is 0 Å². The van der Waals surface area contributed by atoms with Crippen molar-refractivity contribution in [3.8, 4) is 11.5 Å². The highest BCUT2D eigenvalue weighted by atomic mass is 16.6. The maximum Gasteiger partial charge on any atom is 0.379 e. The minimum atomic E-state index is -0.593. The molecule has 0 radical (unpaired) electrons. The van der Waals surface area contributed by atoms with Gasteiger partial charge < -0.3 is 13.9 Å². The lowest BCUT2D eigenvalue weighted by Crippen LogP contribution is -2.08. The van der Waals surface area contributed by atoms with E-state index in [1.54, 1.807) is 41.5 Å². The normalized spacial score (nSPS) is 11.1. The largest absolute Gasteiger partial charge is 0.493 e. The second-order valence-electron chi connectivity index (χ2n) is 5.60. The van der Waals surface area contributed by atoms with Gasteiger partial charge in [-0.3, -0.25) is 0 Å². The van der Waals surface area contributed by atoms with E-state index in [1.807, 2.05) is 24.3 Å². The predicted octanol–water partition coefficient (Wildman–Crippen LogP) is 3.74. The van der Waals surface area contributed by atoms with Gasteiger partial charge >= 0.3 is 5.97 Å². The number of para-hydroxylation sites is 2. The van der Waals surface area contributed by atoms with Crippen LogP contribution in [-0.4, -0.2) is 29.0 Å². The Hall–Kier alpha value is -3.87. The minimum absolute atomic E-state index is 0.120. The van der Waals surface area contributed by atoms with Crippen LogP contribution in [0.25, 0.3) is 11.0 Å². The summed E-state index contributed by atoms with van der Waals surface area (Å²) in [6, 6.07) is 16.0. The summed E-state index contributed by atoms with van der Waals surface area (Å²) in [5, 5.41) is 4.42. The molecule has 7 heteroatoms. The van der Waals surface area contributed by atoms with Gasteiger partial charge in [-0.25, -0.2) is 14.5 Å². The maximum absolute atomic E-state index is 12.0. The van der Waals surface area contributed by atoms with Crippen molar-refractivity contribution in [1.82, 2.24) is 9.66 Å². The number of methoxy groups -OCH3 is 1. The number of benzene rings is 2. The van der Waals surface area contributed by atoms with E-state index in [-0.39, 0.29) is 5.76 Å². The first kappa shape index (κ1) is 16.6. The van der Waals surface area contributed by atoms with Gasteiger partial charge in [0.05, 0.1) is 30.6 Å². The summed E-state index contributed by atoms with van der Waals surface area (Å²) >= 11 is 0. The Kier molecular flexibility index (Phi) is 4.40. The van der Waals surface area contributed by atoms with Gasteiger partial charge in [0, 0.05) is 0 Å². The van der Waals surface area contributed by atoms with Crippen LogP contribution in [0.5, 0.6) is 11.5 Å². The number of rotatable bonds is 5. The number of carbonyl (C=O) groups is 1. The van der Waals surface area contributed by atoms with E-state index in [2.05, 4.69) is 10.1 Å². The number of furan rings is 1. The van der Waals surface area contributed by atoms with E-state index in [0.717, 1.165) is 16.6 Å². The third-order valence-corrected chi connectivity index (χ3v) is 3.88. The lowest BCUT2D eigenvalue weighted by molar-refractivity contribution is 0.0696. The number of aromatic nitrogens is 2. The topological polar surface area (TPSA) is 78.9 Å². The van der Waals surface area contributed by atoms with Crippen molar-refractivity contribution in [3.63, 3.8) is 0 Å². The van der Waals surface area contributed by atoms with Crippen LogP contribution in [0, 0.1) is 0 Å². The number of ether oxygens (including phenoxy) is 2. The number of imidazole rings is 1. The highest BCUT2D eigenvalue weighted by molar-refractivity contribution is 5.89. The van der Waals surface area contributed by atoms with Crippen LogP contribution in [0.15, 0.2) is 76.7 Å². The molecule has 134 valence electrons. The smallest absolute Gasteiger partial charge is 0.379 e. The van der Waals surface area contributed by atoms with Gasteiger partial charge in [0.15, 0.2) is 11.5 Å². The van der Waals surface area contributed by atoms with Crippen molar-refractivity contribution in [2.24, 2.45) is 5.10 Å². The van der Waals surface area contributed by atoms with E-state index in [0.29, 0.717) is 11.5 Å². The molecule has 0 saturated carbocycles. The Morgan fingerprint density at radius 1 is 1.15 bits per heavy atom. The number of nitrogens with zero attached hydrogens (tertiary/aromatic N) is 3. The number of esters is 1. The SMILES string of the molecule is COc1cc(/C=N\n2cnc3ccccc32)ccc1OC(=O)c1ccco1. The van der Waals surface area contributed by atoms with Gasteiger partial charge in [-0.2, -0.15) is 5.10 Å². The number of carbonyl (C=O) groups excluding carboxylic acids is 1. The molecule has 27 heavy (non-hydrogen) atoms. The number of hydrogen-bond acceptors (Lipinski definition) is 6. The molecule has 2 heterocycles. The Bertz CT molecular complexity index is 1110. The summed E-state index contributed by atoms with van der Waals surface area (Å²) in [6.07, 6.45) is 4.74. The number of hydrogen-bond donors (Lipinski definition) is 0. The standard InChI is InChI=1S/C20H15N3O4/c1-25-19-11-14(8-9-17(19)27-20(24)18-7-4-10-26-18)12-22-23-13-21-15-5-2-3-6-16(15)23/h2-13H,1H3/b22-12-. The van der Waals surface area contributed by atoms with Crippen LogP contribution in [0.2, 0.25) is 0 Å². The van der Waals surface area contributed by atoms with Gasteiger partial charge in [0.1, 0.15) is 6.33 Å². The lowest BCUT2D eigenvalue weighted by Gasteiger charge is -2.09. The molecule has 4 rings (SSSR count). The molecule has 0 aliphatic carbocycles. The summed E-state index contributed by atoms with van der Waals surface area (Å²) in [7, 11) is 1.50. The predicted molar refractivity (Wildman–Crippen MR) is 99.4 cm³/mol. The zero-order chi connectivity index (χ0) is 18.6. The van der Waals surface area contributed by atoms with Crippen molar-refractivity contribution < 1.29 is 18.7 Å². The molecule has 2 aromatic heterocycles. The fraction of sp³-hybridized carbons (Fsp3) is 0.0500. The van der Waals surface area contributed by atoms with Crippen molar-refractivity contribution in [1.29, 1.82) is 0 Å². The Balaban J connectivity index is 1.56. The average Bonchev–Trinajstić information content (AvgIpc) is 3.37. The van der Waals surface area contributed by atoms with Crippen molar-refractivity contribution in [2.75, 3.05) is 7.11 Å². The Labute approximate surface area is 154 Å². The zero-order valence-corrected chi connectivity index (χ0v) is 14.4. The summed E-state index contributed by atoms with van der Waals surface area (Å²) < 4.78 is 17.4. The first-order chi connectivity index (χ1) is 13.2. The van der Waals surface area contributed by atoms with Crippen LogP contribution in [0.4, 0.5) is 0 Å².